The van der Waals surface area contributed by atoms with Crippen LogP contribution >= 0.6 is 0 Å². The lowest BCUT2D eigenvalue weighted by atomic mass is 10.1. The third-order valence-corrected chi connectivity index (χ3v) is 3.21. The first-order chi connectivity index (χ1) is 7.16. The summed E-state index contributed by atoms with van der Waals surface area (Å²) < 4.78 is 0. The third kappa shape index (κ3) is 2.80. The summed E-state index contributed by atoms with van der Waals surface area (Å²) in [5, 5.41) is 3.49. The molecule has 3 unspecified atom stereocenters. The molecule has 0 spiro atoms. The van der Waals surface area contributed by atoms with E-state index in [1.54, 1.807) is 0 Å². The highest BCUT2D eigenvalue weighted by Crippen LogP contribution is 2.29. The largest absolute Gasteiger partial charge is 0.323 e. The molecule has 0 saturated heterocycles. The van der Waals surface area contributed by atoms with Gasteiger partial charge in [0.15, 0.2) is 0 Å². The number of aryl methyl sites for hydroxylation is 1. The Kier molecular flexibility index (Phi) is 3.08. The SMILES string of the molecule is Cc1ccc(C(N)CNC2CC2C)cc1. The van der Waals surface area contributed by atoms with Gasteiger partial charge >= 0.3 is 0 Å². The average molecular weight is 204 g/mol. The van der Waals surface area contributed by atoms with Crippen molar-refractivity contribution in [3.8, 4) is 0 Å². The molecule has 1 aliphatic carbocycles. The van der Waals surface area contributed by atoms with Gasteiger partial charge in [-0.1, -0.05) is 36.8 Å². The zero-order chi connectivity index (χ0) is 10.8. The van der Waals surface area contributed by atoms with Crippen LogP contribution in [-0.2, 0) is 0 Å². The summed E-state index contributed by atoms with van der Waals surface area (Å²) in [5.74, 6) is 0.843. The Balaban J connectivity index is 1.84. The quantitative estimate of drug-likeness (QED) is 0.787. The summed E-state index contributed by atoms with van der Waals surface area (Å²) in [4.78, 5) is 0. The Bertz CT molecular complexity index is 318. The maximum Gasteiger partial charge on any atom is 0.0421 e. The second kappa shape index (κ2) is 4.33. The highest BCUT2D eigenvalue weighted by atomic mass is 15.0. The van der Waals surface area contributed by atoms with Crippen LogP contribution in [0.4, 0.5) is 0 Å². The summed E-state index contributed by atoms with van der Waals surface area (Å²) in [6.07, 6.45) is 1.31. The molecule has 0 bridgehead atoms. The van der Waals surface area contributed by atoms with Crippen LogP contribution in [0, 0.1) is 12.8 Å². The number of benzene rings is 1. The fourth-order valence-corrected chi connectivity index (χ4v) is 1.82. The van der Waals surface area contributed by atoms with E-state index < -0.39 is 0 Å². The average Bonchev–Trinajstić information content (AvgIpc) is 2.92. The van der Waals surface area contributed by atoms with E-state index >= 15 is 0 Å². The Hall–Kier alpha value is -0.860. The molecule has 15 heavy (non-hydrogen) atoms. The van der Waals surface area contributed by atoms with Crippen molar-refractivity contribution in [1.82, 2.24) is 5.32 Å². The smallest absolute Gasteiger partial charge is 0.0421 e. The van der Waals surface area contributed by atoms with Gasteiger partial charge in [0.2, 0.25) is 0 Å². The van der Waals surface area contributed by atoms with Crippen molar-refractivity contribution in [2.24, 2.45) is 11.7 Å². The van der Waals surface area contributed by atoms with Gasteiger partial charge in [-0.15, -0.1) is 0 Å². The normalized spacial score (nSPS) is 26.3. The highest BCUT2D eigenvalue weighted by molar-refractivity contribution is 5.24. The zero-order valence-electron chi connectivity index (χ0n) is 9.53. The molecule has 0 aliphatic heterocycles. The topological polar surface area (TPSA) is 38.0 Å². The molecule has 0 aromatic heterocycles. The number of hydrogen-bond acceptors (Lipinski definition) is 2. The van der Waals surface area contributed by atoms with E-state index in [0.717, 1.165) is 12.5 Å². The lowest BCUT2D eigenvalue weighted by Gasteiger charge is -2.13. The molecule has 1 fully saturated rings. The second-order valence-corrected chi connectivity index (χ2v) is 4.74. The van der Waals surface area contributed by atoms with Crippen molar-refractivity contribution in [3.63, 3.8) is 0 Å². The van der Waals surface area contributed by atoms with Crippen LogP contribution in [0.3, 0.4) is 0 Å². The molecule has 3 atom stereocenters. The molecule has 1 saturated carbocycles. The van der Waals surface area contributed by atoms with Crippen LogP contribution in [0.5, 0.6) is 0 Å². The molecule has 3 N–H and O–H groups in total. The Morgan fingerprint density at radius 3 is 2.53 bits per heavy atom. The third-order valence-electron chi connectivity index (χ3n) is 3.21. The lowest BCUT2D eigenvalue weighted by Crippen LogP contribution is -2.29. The first-order valence-corrected chi connectivity index (χ1v) is 5.72. The fraction of sp³-hybridized carbons (Fsp3) is 0.538. The van der Waals surface area contributed by atoms with Crippen molar-refractivity contribution in [1.29, 1.82) is 0 Å². The van der Waals surface area contributed by atoms with E-state index in [4.69, 9.17) is 5.73 Å². The van der Waals surface area contributed by atoms with Crippen LogP contribution in [0.15, 0.2) is 24.3 Å². The molecule has 2 heteroatoms. The number of hydrogen-bond donors (Lipinski definition) is 2. The zero-order valence-corrected chi connectivity index (χ0v) is 9.53. The van der Waals surface area contributed by atoms with E-state index in [-0.39, 0.29) is 6.04 Å². The molecule has 2 nitrogen and oxygen atoms in total. The van der Waals surface area contributed by atoms with Crippen molar-refractivity contribution in [2.45, 2.75) is 32.4 Å². The van der Waals surface area contributed by atoms with Crippen molar-refractivity contribution in [3.05, 3.63) is 35.4 Å². The predicted octanol–water partition coefficient (Wildman–Crippen LogP) is 1.99. The van der Waals surface area contributed by atoms with E-state index in [1.165, 1.54) is 17.5 Å². The Morgan fingerprint density at radius 1 is 1.40 bits per heavy atom. The van der Waals surface area contributed by atoms with Gasteiger partial charge in [0.25, 0.3) is 0 Å². The molecule has 2 rings (SSSR count). The van der Waals surface area contributed by atoms with E-state index in [0.29, 0.717) is 6.04 Å². The molecular formula is C13H20N2. The number of nitrogens with two attached hydrogens (primary N) is 1. The van der Waals surface area contributed by atoms with Gasteiger partial charge < -0.3 is 11.1 Å². The summed E-state index contributed by atoms with van der Waals surface area (Å²) in [5.41, 5.74) is 8.61. The molecule has 1 aliphatic rings. The van der Waals surface area contributed by atoms with Crippen molar-refractivity contribution >= 4 is 0 Å². The van der Waals surface area contributed by atoms with Gasteiger partial charge in [-0.3, -0.25) is 0 Å². The number of nitrogens with one attached hydrogen (secondary N) is 1. The number of rotatable bonds is 4. The molecule has 0 radical (unpaired) electrons. The Morgan fingerprint density at radius 2 is 2.00 bits per heavy atom. The summed E-state index contributed by atoms with van der Waals surface area (Å²) >= 11 is 0. The lowest BCUT2D eigenvalue weighted by molar-refractivity contribution is 0.578. The second-order valence-electron chi connectivity index (χ2n) is 4.74. The molecule has 1 aromatic carbocycles. The monoisotopic (exact) mass is 204 g/mol. The van der Waals surface area contributed by atoms with Crippen LogP contribution in [0.1, 0.15) is 30.5 Å². The standard InChI is InChI=1S/C13H20N2/c1-9-3-5-11(6-4-9)12(14)8-15-13-7-10(13)2/h3-6,10,12-13,15H,7-8,14H2,1-2H3. The minimum Gasteiger partial charge on any atom is -0.323 e. The molecule has 82 valence electrons. The van der Waals surface area contributed by atoms with Gasteiger partial charge in [-0.25, -0.2) is 0 Å². The first kappa shape index (κ1) is 10.7. The van der Waals surface area contributed by atoms with E-state index in [1.807, 2.05) is 0 Å². The predicted molar refractivity (Wildman–Crippen MR) is 63.7 cm³/mol. The minimum absolute atomic E-state index is 0.124. The molecule has 0 heterocycles. The van der Waals surface area contributed by atoms with Crippen molar-refractivity contribution in [2.75, 3.05) is 6.54 Å². The van der Waals surface area contributed by atoms with Gasteiger partial charge in [0.05, 0.1) is 0 Å². The molecule has 1 aromatic rings. The van der Waals surface area contributed by atoms with E-state index in [9.17, 15) is 0 Å². The Labute approximate surface area is 91.9 Å². The van der Waals surface area contributed by atoms with Crippen LogP contribution < -0.4 is 11.1 Å². The first-order valence-electron chi connectivity index (χ1n) is 5.72. The van der Waals surface area contributed by atoms with E-state index in [2.05, 4.69) is 43.4 Å². The van der Waals surface area contributed by atoms with Crippen molar-refractivity contribution < 1.29 is 0 Å². The van der Waals surface area contributed by atoms with Crippen LogP contribution in [-0.4, -0.2) is 12.6 Å². The van der Waals surface area contributed by atoms with Crippen LogP contribution in [0.25, 0.3) is 0 Å². The fourth-order valence-electron chi connectivity index (χ4n) is 1.82. The van der Waals surface area contributed by atoms with Gasteiger partial charge in [-0.2, -0.15) is 0 Å². The minimum atomic E-state index is 0.124. The maximum atomic E-state index is 6.10. The molecular weight excluding hydrogens is 184 g/mol. The van der Waals surface area contributed by atoms with Crippen LogP contribution in [0.2, 0.25) is 0 Å². The highest BCUT2D eigenvalue weighted by Gasteiger charge is 2.31. The summed E-state index contributed by atoms with van der Waals surface area (Å²) in [7, 11) is 0. The summed E-state index contributed by atoms with van der Waals surface area (Å²) in [6.45, 7) is 5.26. The van der Waals surface area contributed by atoms with Gasteiger partial charge in [0, 0.05) is 18.6 Å². The van der Waals surface area contributed by atoms with Gasteiger partial charge in [0.1, 0.15) is 0 Å². The molecule has 0 amide bonds. The summed E-state index contributed by atoms with van der Waals surface area (Å²) in [6, 6.07) is 9.32. The maximum absolute atomic E-state index is 6.10. The van der Waals surface area contributed by atoms with Gasteiger partial charge in [-0.05, 0) is 24.8 Å².